The van der Waals surface area contributed by atoms with Gasteiger partial charge in [-0.1, -0.05) is 40.2 Å². The lowest BCUT2D eigenvalue weighted by molar-refractivity contribution is 1.49. The topological polar surface area (TPSA) is 28.7 Å². The minimum Gasteiger partial charge on any atom is -0.353 e. The molecular weight excluding hydrogens is 288 g/mol. The predicted octanol–water partition coefficient (Wildman–Crippen LogP) is 4.63. The van der Waals surface area contributed by atoms with Crippen molar-refractivity contribution in [2.75, 3.05) is 0 Å². The molecular formula is C15H9BrN2. The Kier molecular flexibility index (Phi) is 2.00. The number of nitrogens with one attached hydrogen (secondary N) is 1. The standard InChI is InChI=1S/C15H9BrN2/c16-11-5-3-7-13-10(11)8-14-15(18-13)9-4-1-2-6-12(9)17-14/h1-8,17H. The van der Waals surface area contributed by atoms with Crippen LogP contribution in [-0.4, -0.2) is 9.97 Å². The van der Waals surface area contributed by atoms with E-state index >= 15 is 0 Å². The Labute approximate surface area is 112 Å². The van der Waals surface area contributed by atoms with E-state index in [1.165, 1.54) is 5.39 Å². The van der Waals surface area contributed by atoms with Crippen LogP contribution in [-0.2, 0) is 0 Å². The normalized spacial score (nSPS) is 11.6. The highest BCUT2D eigenvalue weighted by atomic mass is 79.9. The van der Waals surface area contributed by atoms with Gasteiger partial charge in [0.1, 0.15) is 0 Å². The van der Waals surface area contributed by atoms with E-state index in [2.05, 4.69) is 39.1 Å². The third-order valence-corrected chi connectivity index (χ3v) is 3.95. The lowest BCUT2D eigenvalue weighted by atomic mass is 10.2. The summed E-state index contributed by atoms with van der Waals surface area (Å²) in [7, 11) is 0. The average molecular weight is 297 g/mol. The highest BCUT2D eigenvalue weighted by Gasteiger charge is 2.07. The Bertz CT molecular complexity index is 893. The summed E-state index contributed by atoms with van der Waals surface area (Å²) in [5, 5.41) is 2.31. The van der Waals surface area contributed by atoms with Gasteiger partial charge in [0.05, 0.1) is 16.6 Å². The largest absolute Gasteiger partial charge is 0.353 e. The van der Waals surface area contributed by atoms with Crippen LogP contribution in [0.3, 0.4) is 0 Å². The number of aromatic nitrogens is 2. The van der Waals surface area contributed by atoms with E-state index < -0.39 is 0 Å². The fraction of sp³-hybridized carbons (Fsp3) is 0. The molecule has 0 atom stereocenters. The second-order valence-electron chi connectivity index (χ2n) is 4.36. The van der Waals surface area contributed by atoms with Crippen LogP contribution >= 0.6 is 15.9 Å². The number of aromatic amines is 1. The quantitative estimate of drug-likeness (QED) is 0.503. The van der Waals surface area contributed by atoms with Crippen LogP contribution in [0.5, 0.6) is 0 Å². The number of hydrogen-bond donors (Lipinski definition) is 1. The van der Waals surface area contributed by atoms with Crippen LogP contribution in [0, 0.1) is 0 Å². The van der Waals surface area contributed by atoms with E-state index in [-0.39, 0.29) is 0 Å². The van der Waals surface area contributed by atoms with E-state index in [9.17, 15) is 0 Å². The number of hydrogen-bond acceptors (Lipinski definition) is 1. The molecule has 0 amide bonds. The molecule has 0 bridgehead atoms. The maximum Gasteiger partial charge on any atom is 0.0965 e. The molecule has 3 heteroatoms. The summed E-state index contributed by atoms with van der Waals surface area (Å²) in [5.41, 5.74) is 4.26. The number of rotatable bonds is 0. The molecule has 0 aliphatic heterocycles. The maximum atomic E-state index is 4.77. The van der Waals surface area contributed by atoms with Gasteiger partial charge >= 0.3 is 0 Å². The maximum absolute atomic E-state index is 4.77. The number of fused-ring (bicyclic) bond motifs is 4. The van der Waals surface area contributed by atoms with Gasteiger partial charge < -0.3 is 4.98 Å². The number of H-pyrrole nitrogens is 1. The second-order valence-corrected chi connectivity index (χ2v) is 5.22. The molecule has 2 heterocycles. The first-order valence-corrected chi connectivity index (χ1v) is 6.58. The SMILES string of the molecule is Brc1cccc2nc3c(cc12)[nH]c1ccccc13. The molecule has 18 heavy (non-hydrogen) atoms. The van der Waals surface area contributed by atoms with Gasteiger partial charge in [-0.25, -0.2) is 4.98 Å². The second kappa shape index (κ2) is 3.56. The summed E-state index contributed by atoms with van der Waals surface area (Å²) in [5.74, 6) is 0. The van der Waals surface area contributed by atoms with Crippen LogP contribution in [0.25, 0.3) is 32.8 Å². The summed E-state index contributed by atoms with van der Waals surface area (Å²) in [6.45, 7) is 0. The smallest absolute Gasteiger partial charge is 0.0965 e. The van der Waals surface area contributed by atoms with Gasteiger partial charge in [0.15, 0.2) is 0 Å². The van der Waals surface area contributed by atoms with Gasteiger partial charge in [0.25, 0.3) is 0 Å². The van der Waals surface area contributed by atoms with E-state index in [1.807, 2.05) is 30.3 Å². The third kappa shape index (κ3) is 1.31. The van der Waals surface area contributed by atoms with Crippen LogP contribution in [0.15, 0.2) is 53.0 Å². The van der Waals surface area contributed by atoms with E-state index in [0.717, 1.165) is 31.9 Å². The molecule has 4 aromatic rings. The minimum atomic E-state index is 1.02. The zero-order valence-corrected chi connectivity index (χ0v) is 11.0. The Morgan fingerprint density at radius 1 is 0.889 bits per heavy atom. The molecule has 2 aromatic carbocycles. The van der Waals surface area contributed by atoms with Crippen LogP contribution in [0.1, 0.15) is 0 Å². The van der Waals surface area contributed by atoms with Crippen molar-refractivity contribution in [2.45, 2.75) is 0 Å². The van der Waals surface area contributed by atoms with Gasteiger partial charge in [-0.15, -0.1) is 0 Å². The predicted molar refractivity (Wildman–Crippen MR) is 78.8 cm³/mol. The summed E-state index contributed by atoms with van der Waals surface area (Å²) in [6, 6.07) is 16.5. The first-order valence-electron chi connectivity index (χ1n) is 5.78. The van der Waals surface area contributed by atoms with Crippen molar-refractivity contribution in [1.82, 2.24) is 9.97 Å². The van der Waals surface area contributed by atoms with Gasteiger partial charge in [-0.2, -0.15) is 0 Å². The molecule has 0 aliphatic rings. The minimum absolute atomic E-state index is 1.02. The first kappa shape index (κ1) is 10.1. The Hall–Kier alpha value is -1.87. The van der Waals surface area contributed by atoms with Crippen molar-refractivity contribution in [2.24, 2.45) is 0 Å². The number of pyridine rings is 1. The summed E-state index contributed by atoms with van der Waals surface area (Å²) < 4.78 is 1.08. The molecule has 0 saturated carbocycles. The monoisotopic (exact) mass is 296 g/mol. The Balaban J connectivity index is 2.27. The molecule has 0 spiro atoms. The number of para-hydroxylation sites is 1. The van der Waals surface area contributed by atoms with Gasteiger partial charge in [-0.05, 0) is 24.3 Å². The molecule has 1 N–H and O–H groups in total. The Morgan fingerprint density at radius 2 is 1.78 bits per heavy atom. The fourth-order valence-corrected chi connectivity index (χ4v) is 2.87. The lowest BCUT2D eigenvalue weighted by Gasteiger charge is -2.00. The number of nitrogens with zero attached hydrogens (tertiary/aromatic N) is 1. The highest BCUT2D eigenvalue weighted by Crippen LogP contribution is 2.29. The summed E-state index contributed by atoms with van der Waals surface area (Å²) in [6.07, 6.45) is 0. The molecule has 4 rings (SSSR count). The molecule has 86 valence electrons. The average Bonchev–Trinajstić information content (AvgIpc) is 2.75. The van der Waals surface area contributed by atoms with Crippen molar-refractivity contribution < 1.29 is 0 Å². The third-order valence-electron chi connectivity index (χ3n) is 3.26. The van der Waals surface area contributed by atoms with Crippen molar-refractivity contribution in [3.05, 3.63) is 53.0 Å². The van der Waals surface area contributed by atoms with Crippen LogP contribution < -0.4 is 0 Å². The fourth-order valence-electron chi connectivity index (χ4n) is 2.40. The van der Waals surface area contributed by atoms with Gasteiger partial charge in [0.2, 0.25) is 0 Å². The molecule has 0 saturated heterocycles. The van der Waals surface area contributed by atoms with Crippen molar-refractivity contribution in [3.8, 4) is 0 Å². The summed E-state index contributed by atoms with van der Waals surface area (Å²) in [4.78, 5) is 8.18. The van der Waals surface area contributed by atoms with Crippen LogP contribution in [0.4, 0.5) is 0 Å². The number of benzene rings is 2. The van der Waals surface area contributed by atoms with Crippen molar-refractivity contribution in [3.63, 3.8) is 0 Å². The molecule has 0 fully saturated rings. The van der Waals surface area contributed by atoms with Crippen molar-refractivity contribution in [1.29, 1.82) is 0 Å². The molecule has 0 unspecified atom stereocenters. The zero-order chi connectivity index (χ0) is 12.1. The van der Waals surface area contributed by atoms with E-state index in [4.69, 9.17) is 4.98 Å². The van der Waals surface area contributed by atoms with Gasteiger partial charge in [-0.3, -0.25) is 0 Å². The van der Waals surface area contributed by atoms with E-state index in [0.29, 0.717) is 0 Å². The first-order chi connectivity index (χ1) is 8.83. The van der Waals surface area contributed by atoms with Crippen LogP contribution in [0.2, 0.25) is 0 Å². The molecule has 2 aromatic heterocycles. The molecule has 0 aliphatic carbocycles. The number of halogens is 1. The molecule has 2 nitrogen and oxygen atoms in total. The highest BCUT2D eigenvalue weighted by molar-refractivity contribution is 9.10. The summed E-state index contributed by atoms with van der Waals surface area (Å²) >= 11 is 3.57. The van der Waals surface area contributed by atoms with E-state index in [1.54, 1.807) is 0 Å². The zero-order valence-electron chi connectivity index (χ0n) is 9.44. The lowest BCUT2D eigenvalue weighted by Crippen LogP contribution is -1.81. The molecule has 0 radical (unpaired) electrons. The van der Waals surface area contributed by atoms with Gasteiger partial charge in [0, 0.05) is 20.8 Å². The van der Waals surface area contributed by atoms with Crippen molar-refractivity contribution >= 4 is 48.8 Å². The Morgan fingerprint density at radius 3 is 2.72 bits per heavy atom.